The lowest BCUT2D eigenvalue weighted by atomic mass is 10.1. The highest BCUT2D eigenvalue weighted by molar-refractivity contribution is 8.14. The van der Waals surface area contributed by atoms with Gasteiger partial charge in [0.25, 0.3) is 0 Å². The Kier molecular flexibility index (Phi) is 5.40. The van der Waals surface area contributed by atoms with Crippen LogP contribution in [-0.4, -0.2) is 16.7 Å². The summed E-state index contributed by atoms with van der Waals surface area (Å²) in [5.41, 5.74) is 4.74. The average Bonchev–Trinajstić information content (AvgIpc) is 2.89. The van der Waals surface area contributed by atoms with Gasteiger partial charge in [-0.15, -0.1) is 0 Å². The van der Waals surface area contributed by atoms with Gasteiger partial charge in [0, 0.05) is 5.69 Å². The van der Waals surface area contributed by atoms with E-state index in [0.717, 1.165) is 33.2 Å². The van der Waals surface area contributed by atoms with Crippen molar-refractivity contribution >= 4 is 39.8 Å². The first-order valence-electron chi connectivity index (χ1n) is 9.14. The summed E-state index contributed by atoms with van der Waals surface area (Å²) < 4.78 is 0. The van der Waals surface area contributed by atoms with Gasteiger partial charge in [-0.1, -0.05) is 78.0 Å². The number of aliphatic imine (C=N–C) groups is 1. The first-order chi connectivity index (χ1) is 13.7. The number of hydrogen-bond donors (Lipinski definition) is 0. The molecule has 0 aliphatic carbocycles. The first kappa shape index (κ1) is 18.3. The molecule has 3 aromatic rings. The lowest BCUT2D eigenvalue weighted by molar-refractivity contribution is -0.115. The SMILES string of the molecule is Cc1ccc(N2C(=O)CSC(=Nc3ccccc3)C=C2c2ccccc2)cc1. The molecule has 4 heteroatoms. The van der Waals surface area contributed by atoms with Crippen LogP contribution in [0.3, 0.4) is 0 Å². The predicted octanol–water partition coefficient (Wildman–Crippen LogP) is 5.85. The third-order valence-electron chi connectivity index (χ3n) is 4.45. The number of hydrogen-bond acceptors (Lipinski definition) is 3. The summed E-state index contributed by atoms with van der Waals surface area (Å²) in [5.74, 6) is 0.383. The van der Waals surface area contributed by atoms with Crippen LogP contribution < -0.4 is 4.90 Å². The summed E-state index contributed by atoms with van der Waals surface area (Å²) in [6.07, 6.45) is 2.01. The minimum absolute atomic E-state index is 0.0437. The van der Waals surface area contributed by atoms with Crippen LogP contribution in [0.15, 0.2) is 96.0 Å². The first-order valence-corrected chi connectivity index (χ1v) is 10.1. The van der Waals surface area contributed by atoms with Crippen LogP contribution in [-0.2, 0) is 4.79 Å². The quantitative estimate of drug-likeness (QED) is 0.568. The number of carbonyl (C=O) groups excluding carboxylic acids is 1. The maximum absolute atomic E-state index is 13.1. The Labute approximate surface area is 169 Å². The Morgan fingerprint density at radius 2 is 1.50 bits per heavy atom. The van der Waals surface area contributed by atoms with Crippen LogP contribution in [0.5, 0.6) is 0 Å². The fourth-order valence-electron chi connectivity index (χ4n) is 3.05. The highest BCUT2D eigenvalue weighted by Crippen LogP contribution is 2.32. The summed E-state index contributed by atoms with van der Waals surface area (Å²) in [5, 5.41) is 0.827. The highest BCUT2D eigenvalue weighted by atomic mass is 32.2. The molecule has 1 aliphatic heterocycles. The molecule has 0 spiro atoms. The molecule has 0 radical (unpaired) electrons. The molecule has 1 aliphatic rings. The van der Waals surface area contributed by atoms with Gasteiger partial charge in [0.05, 0.1) is 22.2 Å². The van der Waals surface area contributed by atoms with Crippen molar-refractivity contribution in [2.24, 2.45) is 4.99 Å². The van der Waals surface area contributed by atoms with Gasteiger partial charge in [-0.05, 0) is 42.8 Å². The zero-order chi connectivity index (χ0) is 19.3. The Hall–Kier alpha value is -3.11. The van der Waals surface area contributed by atoms with Gasteiger partial charge < -0.3 is 0 Å². The highest BCUT2D eigenvalue weighted by Gasteiger charge is 2.25. The topological polar surface area (TPSA) is 32.7 Å². The molecule has 0 N–H and O–H groups in total. The van der Waals surface area contributed by atoms with Crippen LogP contribution in [0.2, 0.25) is 0 Å². The molecule has 1 heterocycles. The van der Waals surface area contributed by atoms with Gasteiger partial charge >= 0.3 is 0 Å². The Balaban J connectivity index is 1.84. The molecular weight excluding hydrogens is 364 g/mol. The molecule has 0 fully saturated rings. The van der Waals surface area contributed by atoms with Crippen LogP contribution in [0, 0.1) is 6.92 Å². The molecule has 0 aromatic heterocycles. The van der Waals surface area contributed by atoms with Gasteiger partial charge in [-0.3, -0.25) is 9.69 Å². The van der Waals surface area contributed by atoms with E-state index in [1.807, 2.05) is 97.9 Å². The van der Waals surface area contributed by atoms with Gasteiger partial charge in [-0.2, -0.15) is 0 Å². The Morgan fingerprint density at radius 1 is 0.857 bits per heavy atom. The minimum Gasteiger partial charge on any atom is -0.280 e. The van der Waals surface area contributed by atoms with Crippen molar-refractivity contribution in [3.05, 3.63) is 102 Å². The predicted molar refractivity (Wildman–Crippen MR) is 119 cm³/mol. The third-order valence-corrected chi connectivity index (χ3v) is 5.35. The molecule has 4 rings (SSSR count). The number of anilines is 1. The van der Waals surface area contributed by atoms with E-state index in [-0.39, 0.29) is 5.91 Å². The summed E-state index contributed by atoms with van der Waals surface area (Å²) in [6.45, 7) is 2.04. The van der Waals surface area contributed by atoms with E-state index < -0.39 is 0 Å². The van der Waals surface area contributed by atoms with E-state index in [4.69, 9.17) is 4.99 Å². The lowest BCUT2D eigenvalue weighted by Crippen LogP contribution is -2.30. The average molecular weight is 385 g/mol. The second-order valence-corrected chi connectivity index (χ2v) is 7.53. The molecule has 1 amide bonds. The number of amides is 1. The van der Waals surface area contributed by atoms with E-state index in [0.29, 0.717) is 5.75 Å². The lowest BCUT2D eigenvalue weighted by Gasteiger charge is -2.24. The van der Waals surface area contributed by atoms with Crippen LogP contribution in [0.1, 0.15) is 11.1 Å². The second-order valence-electron chi connectivity index (χ2n) is 6.53. The number of benzene rings is 3. The van der Waals surface area contributed by atoms with Crippen LogP contribution >= 0.6 is 11.8 Å². The van der Waals surface area contributed by atoms with Crippen molar-refractivity contribution in [2.75, 3.05) is 10.7 Å². The van der Waals surface area contributed by atoms with Gasteiger partial charge in [0.2, 0.25) is 5.91 Å². The van der Waals surface area contributed by atoms with Gasteiger partial charge in [-0.25, -0.2) is 4.99 Å². The maximum atomic E-state index is 13.1. The van der Waals surface area contributed by atoms with E-state index in [9.17, 15) is 4.79 Å². The summed E-state index contributed by atoms with van der Waals surface area (Å²) in [6, 6.07) is 27.9. The van der Waals surface area contributed by atoms with Crippen LogP contribution in [0.4, 0.5) is 11.4 Å². The zero-order valence-electron chi connectivity index (χ0n) is 15.6. The molecule has 0 atom stereocenters. The maximum Gasteiger partial charge on any atom is 0.241 e. The number of aryl methyl sites for hydroxylation is 1. The molecule has 0 saturated carbocycles. The number of para-hydroxylation sites is 1. The fourth-order valence-corrected chi connectivity index (χ4v) is 3.82. The van der Waals surface area contributed by atoms with Crippen molar-refractivity contribution in [2.45, 2.75) is 6.92 Å². The molecule has 0 saturated heterocycles. The molecule has 138 valence electrons. The van der Waals surface area contributed by atoms with Gasteiger partial charge in [0.1, 0.15) is 0 Å². The number of carbonyl (C=O) groups is 1. The molecule has 0 unspecified atom stereocenters. The Bertz CT molecular complexity index is 1030. The standard InChI is InChI=1S/C24H20N2OS/c1-18-12-14-21(15-13-18)26-22(19-8-4-2-5-9-19)16-23(28-17-24(26)27)25-20-10-6-3-7-11-20/h2-16H,17H2,1H3. The van der Waals surface area contributed by atoms with E-state index in [1.165, 1.54) is 11.8 Å². The molecule has 3 aromatic carbocycles. The minimum atomic E-state index is 0.0437. The monoisotopic (exact) mass is 384 g/mol. The van der Waals surface area contributed by atoms with E-state index >= 15 is 0 Å². The summed E-state index contributed by atoms with van der Waals surface area (Å²) in [7, 11) is 0. The van der Waals surface area contributed by atoms with Crippen molar-refractivity contribution in [3.8, 4) is 0 Å². The fraction of sp³-hybridized carbons (Fsp3) is 0.0833. The summed E-state index contributed by atoms with van der Waals surface area (Å²) in [4.78, 5) is 19.6. The Morgan fingerprint density at radius 3 is 2.18 bits per heavy atom. The smallest absolute Gasteiger partial charge is 0.241 e. The van der Waals surface area contributed by atoms with Crippen molar-refractivity contribution in [1.82, 2.24) is 0 Å². The summed E-state index contributed by atoms with van der Waals surface area (Å²) >= 11 is 1.47. The van der Waals surface area contributed by atoms with Gasteiger partial charge in [0.15, 0.2) is 0 Å². The van der Waals surface area contributed by atoms with Crippen LogP contribution in [0.25, 0.3) is 5.70 Å². The third kappa shape index (κ3) is 4.07. The normalized spacial score (nSPS) is 16.0. The largest absolute Gasteiger partial charge is 0.280 e. The molecule has 28 heavy (non-hydrogen) atoms. The second kappa shape index (κ2) is 8.28. The van der Waals surface area contributed by atoms with E-state index in [2.05, 4.69) is 0 Å². The number of nitrogens with zero attached hydrogens (tertiary/aromatic N) is 2. The van der Waals surface area contributed by atoms with Crippen molar-refractivity contribution in [1.29, 1.82) is 0 Å². The molecular formula is C24H20N2OS. The molecule has 3 nitrogen and oxygen atoms in total. The number of thioether (sulfide) groups is 1. The van der Waals surface area contributed by atoms with Crippen molar-refractivity contribution in [3.63, 3.8) is 0 Å². The zero-order valence-corrected chi connectivity index (χ0v) is 16.4. The number of rotatable bonds is 3. The van der Waals surface area contributed by atoms with E-state index in [1.54, 1.807) is 4.90 Å². The molecule has 0 bridgehead atoms. The van der Waals surface area contributed by atoms with Crippen molar-refractivity contribution < 1.29 is 4.79 Å².